The number of nitrogens with zero attached hydrogens (tertiary/aromatic N) is 1. The van der Waals surface area contributed by atoms with Gasteiger partial charge in [-0.05, 0) is 12.1 Å². The number of pyridine rings is 1. The molecule has 0 radical (unpaired) electrons. The number of para-hydroxylation sites is 1. The highest BCUT2D eigenvalue weighted by atomic mass is 32.2. The Hall–Kier alpha value is -1.70. The molecule has 2 N–H and O–H groups in total. The van der Waals surface area contributed by atoms with Crippen LogP contribution in [-0.2, 0) is 14.5 Å². The van der Waals surface area contributed by atoms with Crippen molar-refractivity contribution in [2.75, 3.05) is 0 Å². The van der Waals surface area contributed by atoms with Crippen LogP contribution < -0.4 is 0 Å². The minimum absolute atomic E-state index is 0.126. The van der Waals surface area contributed by atoms with Gasteiger partial charge in [-0.15, -0.1) is 4.33 Å². The van der Waals surface area contributed by atoms with Crippen LogP contribution in [0.4, 0.5) is 0 Å². The molecule has 1 aromatic carbocycles. The fraction of sp³-hybridized carbons (Fsp3) is 0. The SMILES string of the molecule is O=S(=O)(OO)c1ccnc2c(O)cccc12. The summed E-state index contributed by atoms with van der Waals surface area (Å²) in [6, 6.07) is 5.47. The first-order valence-corrected chi connectivity index (χ1v) is 5.62. The Labute approximate surface area is 90.8 Å². The Morgan fingerprint density at radius 1 is 1.25 bits per heavy atom. The summed E-state index contributed by atoms with van der Waals surface area (Å²) in [4.78, 5) is 3.58. The van der Waals surface area contributed by atoms with Gasteiger partial charge in [0, 0.05) is 11.6 Å². The van der Waals surface area contributed by atoms with Crippen LogP contribution in [0, 0.1) is 0 Å². The molecule has 0 saturated carbocycles. The molecule has 0 aliphatic heterocycles. The van der Waals surface area contributed by atoms with E-state index in [2.05, 4.69) is 9.32 Å². The number of rotatable bonds is 2. The summed E-state index contributed by atoms with van der Waals surface area (Å²) < 4.78 is 26.1. The van der Waals surface area contributed by atoms with Gasteiger partial charge in [-0.2, -0.15) is 8.42 Å². The second kappa shape index (κ2) is 3.71. The lowest BCUT2D eigenvalue weighted by Crippen LogP contribution is -2.04. The topological polar surface area (TPSA) is 96.7 Å². The highest BCUT2D eigenvalue weighted by molar-refractivity contribution is 7.86. The molecule has 2 aromatic rings. The average molecular weight is 241 g/mol. The van der Waals surface area contributed by atoms with E-state index in [1.807, 2.05) is 0 Å². The molecule has 0 fully saturated rings. The first kappa shape index (κ1) is 10.8. The number of benzene rings is 1. The van der Waals surface area contributed by atoms with Gasteiger partial charge >= 0.3 is 10.1 Å². The Kier molecular flexibility index (Phi) is 2.50. The molecule has 16 heavy (non-hydrogen) atoms. The molecule has 0 aliphatic carbocycles. The van der Waals surface area contributed by atoms with Crippen LogP contribution in [0.5, 0.6) is 5.75 Å². The van der Waals surface area contributed by atoms with E-state index in [0.29, 0.717) is 0 Å². The van der Waals surface area contributed by atoms with Gasteiger partial charge < -0.3 is 5.11 Å². The van der Waals surface area contributed by atoms with Gasteiger partial charge in [0.2, 0.25) is 0 Å². The highest BCUT2D eigenvalue weighted by Gasteiger charge is 2.19. The Balaban J connectivity index is 2.88. The van der Waals surface area contributed by atoms with E-state index < -0.39 is 10.1 Å². The number of hydrogen-bond acceptors (Lipinski definition) is 6. The summed E-state index contributed by atoms with van der Waals surface area (Å²) in [6.45, 7) is 0. The van der Waals surface area contributed by atoms with Crippen LogP contribution in [0.1, 0.15) is 0 Å². The number of phenolic OH excluding ortho intramolecular Hbond substituents is 1. The van der Waals surface area contributed by atoms with Crippen molar-refractivity contribution in [1.82, 2.24) is 4.98 Å². The Bertz CT molecular complexity index is 637. The van der Waals surface area contributed by atoms with Crippen molar-refractivity contribution in [2.24, 2.45) is 0 Å². The van der Waals surface area contributed by atoms with Crippen LogP contribution in [-0.4, -0.2) is 23.8 Å². The van der Waals surface area contributed by atoms with Gasteiger partial charge in [0.05, 0.1) is 0 Å². The molecule has 0 spiro atoms. The van der Waals surface area contributed by atoms with Crippen molar-refractivity contribution >= 4 is 21.0 Å². The molecule has 0 saturated heterocycles. The van der Waals surface area contributed by atoms with Crippen molar-refractivity contribution in [3.63, 3.8) is 0 Å². The normalized spacial score (nSPS) is 11.8. The minimum Gasteiger partial charge on any atom is -0.506 e. The lowest BCUT2D eigenvalue weighted by Gasteiger charge is -2.04. The third kappa shape index (κ3) is 1.60. The van der Waals surface area contributed by atoms with Gasteiger partial charge in [-0.1, -0.05) is 12.1 Å². The average Bonchev–Trinajstić information content (AvgIpc) is 2.29. The molecule has 1 aromatic heterocycles. The third-order valence-electron chi connectivity index (χ3n) is 2.08. The Morgan fingerprint density at radius 3 is 2.69 bits per heavy atom. The zero-order valence-electron chi connectivity index (χ0n) is 7.86. The summed E-state index contributed by atoms with van der Waals surface area (Å²) >= 11 is 0. The quantitative estimate of drug-likeness (QED) is 0.604. The maximum absolute atomic E-state index is 11.3. The fourth-order valence-electron chi connectivity index (χ4n) is 1.39. The lowest BCUT2D eigenvalue weighted by atomic mass is 10.2. The first-order valence-electron chi connectivity index (χ1n) is 4.21. The molecule has 6 nitrogen and oxygen atoms in total. The molecule has 0 atom stereocenters. The molecule has 1 heterocycles. The number of aromatic nitrogens is 1. The fourth-order valence-corrected chi connectivity index (χ4v) is 2.14. The summed E-state index contributed by atoms with van der Waals surface area (Å²) in [5.74, 6) is -0.146. The second-order valence-corrected chi connectivity index (χ2v) is 4.51. The van der Waals surface area contributed by atoms with Crippen molar-refractivity contribution in [2.45, 2.75) is 4.90 Å². The smallest absolute Gasteiger partial charge is 0.323 e. The molecule has 84 valence electrons. The Morgan fingerprint density at radius 2 is 2.00 bits per heavy atom. The number of aromatic hydroxyl groups is 1. The molecule has 0 amide bonds. The molecular formula is C9H7NO5S. The van der Waals surface area contributed by atoms with E-state index in [0.717, 1.165) is 0 Å². The summed E-state index contributed by atoms with van der Waals surface area (Å²) in [6.07, 6.45) is 1.20. The molecule has 7 heteroatoms. The standard InChI is InChI=1S/C9H7NO5S/c11-7-3-1-2-6-8(16(13,14)15-12)4-5-10-9(6)7/h1-5,11-12H. The van der Waals surface area contributed by atoms with Crippen LogP contribution in [0.25, 0.3) is 10.9 Å². The van der Waals surface area contributed by atoms with Gasteiger partial charge in [0.1, 0.15) is 16.2 Å². The largest absolute Gasteiger partial charge is 0.506 e. The molecule has 0 unspecified atom stereocenters. The molecule has 0 aliphatic rings. The molecular weight excluding hydrogens is 234 g/mol. The summed E-state index contributed by atoms with van der Waals surface area (Å²) in [5, 5.41) is 18.0. The van der Waals surface area contributed by atoms with Crippen LogP contribution >= 0.6 is 0 Å². The third-order valence-corrected chi connectivity index (χ3v) is 3.17. The maximum Gasteiger partial charge on any atom is 0.323 e. The van der Waals surface area contributed by atoms with Gasteiger partial charge in [0.25, 0.3) is 0 Å². The maximum atomic E-state index is 11.3. The van der Waals surface area contributed by atoms with E-state index in [1.54, 1.807) is 0 Å². The van der Waals surface area contributed by atoms with Crippen molar-refractivity contribution in [1.29, 1.82) is 0 Å². The molecule has 2 rings (SSSR count). The second-order valence-electron chi connectivity index (χ2n) is 3.01. The minimum atomic E-state index is -4.24. The predicted octanol–water partition coefficient (Wildman–Crippen LogP) is 1.12. The number of hydrogen-bond donors (Lipinski definition) is 2. The number of phenols is 1. The van der Waals surface area contributed by atoms with E-state index in [9.17, 15) is 13.5 Å². The van der Waals surface area contributed by atoms with E-state index in [-0.39, 0.29) is 21.5 Å². The summed E-state index contributed by atoms with van der Waals surface area (Å²) in [7, 11) is -4.24. The van der Waals surface area contributed by atoms with Crippen molar-refractivity contribution < 1.29 is 23.1 Å². The van der Waals surface area contributed by atoms with Gasteiger partial charge in [-0.3, -0.25) is 4.98 Å². The zero-order chi connectivity index (χ0) is 11.8. The monoisotopic (exact) mass is 241 g/mol. The van der Waals surface area contributed by atoms with Gasteiger partial charge in [0.15, 0.2) is 0 Å². The van der Waals surface area contributed by atoms with Crippen molar-refractivity contribution in [3.05, 3.63) is 30.5 Å². The molecule has 0 bridgehead atoms. The van der Waals surface area contributed by atoms with Crippen LogP contribution in [0.3, 0.4) is 0 Å². The highest BCUT2D eigenvalue weighted by Crippen LogP contribution is 2.27. The van der Waals surface area contributed by atoms with Crippen LogP contribution in [0.15, 0.2) is 35.4 Å². The van der Waals surface area contributed by atoms with Gasteiger partial charge in [-0.25, -0.2) is 5.26 Å². The van der Waals surface area contributed by atoms with Crippen LogP contribution in [0.2, 0.25) is 0 Å². The van der Waals surface area contributed by atoms with E-state index >= 15 is 0 Å². The predicted molar refractivity (Wildman–Crippen MR) is 54.3 cm³/mol. The first-order chi connectivity index (χ1) is 7.56. The summed E-state index contributed by atoms with van der Waals surface area (Å²) in [5.41, 5.74) is 0.126. The number of fused-ring (bicyclic) bond motifs is 1. The van der Waals surface area contributed by atoms with Crippen molar-refractivity contribution in [3.8, 4) is 5.75 Å². The zero-order valence-corrected chi connectivity index (χ0v) is 8.68. The van der Waals surface area contributed by atoms with E-state index in [4.69, 9.17) is 5.26 Å². The van der Waals surface area contributed by atoms with E-state index in [1.165, 1.54) is 30.5 Å². The lowest BCUT2D eigenvalue weighted by molar-refractivity contribution is -0.130.